The molecule has 0 unspecified atom stereocenters. The molecule has 0 atom stereocenters. The third-order valence-electron chi connectivity index (χ3n) is 2.38. The Labute approximate surface area is 106 Å². The van der Waals surface area contributed by atoms with E-state index < -0.39 is 0 Å². The van der Waals surface area contributed by atoms with Crippen molar-refractivity contribution in [2.45, 2.75) is 12.8 Å². The Morgan fingerprint density at radius 2 is 2.41 bits per heavy atom. The van der Waals surface area contributed by atoms with Gasteiger partial charge in [-0.1, -0.05) is 17.7 Å². The summed E-state index contributed by atoms with van der Waals surface area (Å²) >= 11 is 5.74. The van der Waals surface area contributed by atoms with Gasteiger partial charge in [0.25, 0.3) is 5.91 Å². The minimum Gasteiger partial charge on any atom is -0.397 e. The second kappa shape index (κ2) is 6.25. The van der Waals surface area contributed by atoms with Crippen LogP contribution < -0.4 is 5.73 Å². The van der Waals surface area contributed by atoms with Crippen LogP contribution in [0.15, 0.2) is 24.9 Å². The quantitative estimate of drug-likeness (QED) is 0.498. The molecular formula is C12H16ClN3O. The summed E-state index contributed by atoms with van der Waals surface area (Å²) in [5, 5.41) is 0.266. The molecule has 5 heteroatoms. The molecule has 0 bridgehead atoms. The topological polar surface area (TPSA) is 59.2 Å². The van der Waals surface area contributed by atoms with Gasteiger partial charge in [-0.15, -0.1) is 6.58 Å². The molecule has 2 N–H and O–H groups in total. The summed E-state index contributed by atoms with van der Waals surface area (Å²) in [6, 6.07) is 1.49. The molecule has 0 aliphatic rings. The first kappa shape index (κ1) is 13.5. The van der Waals surface area contributed by atoms with Crippen LogP contribution in [-0.2, 0) is 0 Å². The highest BCUT2D eigenvalue weighted by molar-refractivity contribution is 6.29. The molecular weight excluding hydrogens is 238 g/mol. The lowest BCUT2D eigenvalue weighted by atomic mass is 10.2. The highest BCUT2D eigenvalue weighted by Crippen LogP contribution is 2.16. The van der Waals surface area contributed by atoms with E-state index in [1.54, 1.807) is 11.9 Å². The number of pyridine rings is 1. The van der Waals surface area contributed by atoms with Crippen molar-refractivity contribution in [2.75, 3.05) is 19.3 Å². The monoisotopic (exact) mass is 253 g/mol. The molecule has 0 saturated heterocycles. The van der Waals surface area contributed by atoms with E-state index in [4.69, 9.17) is 17.3 Å². The molecule has 1 heterocycles. The number of nitrogens with zero attached hydrogens (tertiary/aromatic N) is 2. The van der Waals surface area contributed by atoms with Crippen molar-refractivity contribution in [3.8, 4) is 0 Å². The van der Waals surface area contributed by atoms with Crippen molar-refractivity contribution in [1.82, 2.24) is 9.88 Å². The Bertz CT molecular complexity index is 420. The molecule has 1 aromatic rings. The van der Waals surface area contributed by atoms with Gasteiger partial charge >= 0.3 is 0 Å². The van der Waals surface area contributed by atoms with E-state index >= 15 is 0 Å². The number of anilines is 1. The van der Waals surface area contributed by atoms with Crippen LogP contribution >= 0.6 is 11.6 Å². The maximum absolute atomic E-state index is 12.0. The summed E-state index contributed by atoms with van der Waals surface area (Å²) in [5.74, 6) is -0.143. The zero-order valence-electron chi connectivity index (χ0n) is 9.82. The van der Waals surface area contributed by atoms with E-state index in [2.05, 4.69) is 11.6 Å². The van der Waals surface area contributed by atoms with E-state index in [0.29, 0.717) is 17.8 Å². The highest BCUT2D eigenvalue weighted by atomic mass is 35.5. The average molecular weight is 254 g/mol. The predicted molar refractivity (Wildman–Crippen MR) is 70.1 cm³/mol. The van der Waals surface area contributed by atoms with Crippen molar-refractivity contribution < 1.29 is 4.79 Å². The summed E-state index contributed by atoms with van der Waals surface area (Å²) in [6.45, 7) is 4.29. The van der Waals surface area contributed by atoms with Gasteiger partial charge in [0.05, 0.1) is 17.4 Å². The maximum atomic E-state index is 12.0. The van der Waals surface area contributed by atoms with Crippen molar-refractivity contribution in [3.05, 3.63) is 35.6 Å². The third-order valence-corrected chi connectivity index (χ3v) is 2.59. The van der Waals surface area contributed by atoms with Crippen LogP contribution in [0.5, 0.6) is 0 Å². The Morgan fingerprint density at radius 1 is 1.71 bits per heavy atom. The van der Waals surface area contributed by atoms with Crippen molar-refractivity contribution in [3.63, 3.8) is 0 Å². The fraction of sp³-hybridized carbons (Fsp3) is 0.333. The molecule has 17 heavy (non-hydrogen) atoms. The summed E-state index contributed by atoms with van der Waals surface area (Å²) in [5.41, 5.74) is 6.44. The Hall–Kier alpha value is -1.55. The van der Waals surface area contributed by atoms with Crippen molar-refractivity contribution in [2.24, 2.45) is 0 Å². The lowest BCUT2D eigenvalue weighted by Crippen LogP contribution is -2.28. The number of hydrogen-bond donors (Lipinski definition) is 1. The van der Waals surface area contributed by atoms with Crippen molar-refractivity contribution in [1.29, 1.82) is 0 Å². The van der Waals surface area contributed by atoms with Crippen LogP contribution in [-0.4, -0.2) is 29.4 Å². The van der Waals surface area contributed by atoms with Gasteiger partial charge < -0.3 is 10.6 Å². The fourth-order valence-corrected chi connectivity index (χ4v) is 1.56. The van der Waals surface area contributed by atoms with Gasteiger partial charge in [0.1, 0.15) is 5.15 Å². The molecule has 92 valence electrons. The van der Waals surface area contributed by atoms with Crippen LogP contribution in [0.2, 0.25) is 5.15 Å². The number of rotatable bonds is 5. The number of carbonyl (C=O) groups is 1. The van der Waals surface area contributed by atoms with Gasteiger partial charge in [0.2, 0.25) is 0 Å². The Kier molecular flexibility index (Phi) is 4.97. The smallest absolute Gasteiger partial charge is 0.255 e. The number of allylic oxidation sites excluding steroid dienone is 1. The molecule has 0 saturated carbocycles. The highest BCUT2D eigenvalue weighted by Gasteiger charge is 2.15. The SMILES string of the molecule is C=CCCCN(C)C(=O)c1cc(Cl)ncc1N. The van der Waals surface area contributed by atoms with Gasteiger partial charge in [-0.3, -0.25) is 4.79 Å². The summed E-state index contributed by atoms with van der Waals surface area (Å²) in [6.07, 6.45) is 4.98. The largest absolute Gasteiger partial charge is 0.397 e. The normalized spacial score (nSPS) is 10.0. The number of nitrogens with two attached hydrogens (primary N) is 1. The van der Waals surface area contributed by atoms with Crippen LogP contribution in [0.1, 0.15) is 23.2 Å². The minimum atomic E-state index is -0.143. The van der Waals surface area contributed by atoms with E-state index in [1.165, 1.54) is 12.3 Å². The lowest BCUT2D eigenvalue weighted by Gasteiger charge is -2.17. The molecule has 0 aromatic carbocycles. The second-order valence-electron chi connectivity index (χ2n) is 3.75. The van der Waals surface area contributed by atoms with Gasteiger partial charge in [0, 0.05) is 13.6 Å². The predicted octanol–water partition coefficient (Wildman–Crippen LogP) is 2.36. The molecule has 0 spiro atoms. The minimum absolute atomic E-state index is 0.143. The average Bonchev–Trinajstić information content (AvgIpc) is 2.31. The summed E-state index contributed by atoms with van der Waals surface area (Å²) < 4.78 is 0. The summed E-state index contributed by atoms with van der Waals surface area (Å²) in [4.78, 5) is 17.5. The van der Waals surface area contributed by atoms with E-state index in [0.717, 1.165) is 12.8 Å². The van der Waals surface area contributed by atoms with Crippen LogP contribution in [0.3, 0.4) is 0 Å². The number of hydrogen-bond acceptors (Lipinski definition) is 3. The second-order valence-corrected chi connectivity index (χ2v) is 4.14. The van der Waals surface area contributed by atoms with Gasteiger partial charge in [-0.25, -0.2) is 4.98 Å². The van der Waals surface area contributed by atoms with E-state index in [-0.39, 0.29) is 11.1 Å². The maximum Gasteiger partial charge on any atom is 0.255 e. The van der Waals surface area contributed by atoms with E-state index in [1.807, 2.05) is 6.08 Å². The standard InChI is InChI=1S/C12H16ClN3O/c1-3-4-5-6-16(2)12(17)9-7-11(13)15-8-10(9)14/h3,7-8H,1,4-6,14H2,2H3. The molecule has 0 fully saturated rings. The number of aromatic nitrogens is 1. The number of carbonyl (C=O) groups excluding carboxylic acids is 1. The lowest BCUT2D eigenvalue weighted by molar-refractivity contribution is 0.0795. The number of halogens is 1. The van der Waals surface area contributed by atoms with E-state index in [9.17, 15) is 4.79 Å². The first-order valence-corrected chi connectivity index (χ1v) is 5.71. The van der Waals surface area contributed by atoms with Crippen molar-refractivity contribution >= 4 is 23.2 Å². The molecule has 0 aliphatic carbocycles. The molecule has 0 radical (unpaired) electrons. The number of amides is 1. The first-order valence-electron chi connectivity index (χ1n) is 5.33. The molecule has 1 rings (SSSR count). The van der Waals surface area contributed by atoms with Crippen LogP contribution in [0, 0.1) is 0 Å². The third kappa shape index (κ3) is 3.75. The molecule has 4 nitrogen and oxygen atoms in total. The van der Waals surface area contributed by atoms with Gasteiger partial charge in [-0.05, 0) is 18.9 Å². The van der Waals surface area contributed by atoms with Gasteiger partial charge in [0.15, 0.2) is 0 Å². The zero-order chi connectivity index (χ0) is 12.8. The molecule has 1 amide bonds. The Balaban J connectivity index is 2.74. The van der Waals surface area contributed by atoms with Crippen LogP contribution in [0.4, 0.5) is 5.69 Å². The number of nitrogen functional groups attached to an aromatic ring is 1. The molecule has 0 aliphatic heterocycles. The summed E-state index contributed by atoms with van der Waals surface area (Å²) in [7, 11) is 1.74. The Morgan fingerprint density at radius 3 is 3.06 bits per heavy atom. The fourth-order valence-electron chi connectivity index (χ4n) is 1.41. The van der Waals surface area contributed by atoms with Crippen LogP contribution in [0.25, 0.3) is 0 Å². The number of unbranched alkanes of at least 4 members (excludes halogenated alkanes) is 1. The zero-order valence-corrected chi connectivity index (χ0v) is 10.6. The molecule has 1 aromatic heterocycles. The van der Waals surface area contributed by atoms with Gasteiger partial charge in [-0.2, -0.15) is 0 Å². The first-order chi connectivity index (χ1) is 8.06.